The van der Waals surface area contributed by atoms with Crippen LogP contribution in [0.5, 0.6) is 0 Å². The second kappa shape index (κ2) is 3.81. The van der Waals surface area contributed by atoms with E-state index in [1.54, 1.807) is 23.1 Å². The molecular formula is C11H12N6S. The largest absolute Gasteiger partial charge is 0.261 e. The number of hydrogen-bond donors (Lipinski definition) is 0. The fourth-order valence-corrected chi connectivity index (χ4v) is 2.40. The van der Waals surface area contributed by atoms with Crippen LogP contribution in [0.3, 0.4) is 0 Å². The van der Waals surface area contributed by atoms with E-state index >= 15 is 0 Å². The zero-order valence-electron chi connectivity index (χ0n) is 10.3. The maximum Gasteiger partial charge on any atom is 0.235 e. The summed E-state index contributed by atoms with van der Waals surface area (Å²) in [5, 5.41) is 13.7. The summed E-state index contributed by atoms with van der Waals surface area (Å²) in [4.78, 5) is 9.06. The van der Waals surface area contributed by atoms with Crippen molar-refractivity contribution in [3.8, 4) is 10.7 Å². The van der Waals surface area contributed by atoms with Gasteiger partial charge in [0.15, 0.2) is 10.8 Å². The van der Waals surface area contributed by atoms with Gasteiger partial charge in [0.05, 0.1) is 6.20 Å². The molecule has 0 bridgehead atoms. The normalized spacial score (nSPS) is 12.2. The minimum atomic E-state index is -0.0902. The molecule has 7 heteroatoms. The summed E-state index contributed by atoms with van der Waals surface area (Å²) >= 11 is 1.46. The van der Waals surface area contributed by atoms with Crippen molar-refractivity contribution in [2.24, 2.45) is 0 Å². The molecular weight excluding hydrogens is 248 g/mol. The molecule has 0 atom stereocenters. The fourth-order valence-electron chi connectivity index (χ4n) is 1.60. The molecule has 3 rings (SSSR count). The highest BCUT2D eigenvalue weighted by Gasteiger charge is 2.23. The van der Waals surface area contributed by atoms with Crippen LogP contribution in [0.1, 0.15) is 26.6 Å². The van der Waals surface area contributed by atoms with Gasteiger partial charge in [0, 0.05) is 17.8 Å². The van der Waals surface area contributed by atoms with Gasteiger partial charge in [-0.25, -0.2) is 0 Å². The van der Waals surface area contributed by atoms with Crippen molar-refractivity contribution in [1.29, 1.82) is 0 Å². The van der Waals surface area contributed by atoms with Crippen LogP contribution < -0.4 is 0 Å². The average Bonchev–Trinajstić information content (AvgIpc) is 2.87. The van der Waals surface area contributed by atoms with Crippen molar-refractivity contribution in [3.05, 3.63) is 24.4 Å². The average molecular weight is 260 g/mol. The van der Waals surface area contributed by atoms with E-state index in [-0.39, 0.29) is 5.41 Å². The maximum absolute atomic E-state index is 4.52. The van der Waals surface area contributed by atoms with Crippen LogP contribution in [0.15, 0.2) is 18.6 Å². The first kappa shape index (κ1) is 11.2. The molecule has 0 saturated heterocycles. The summed E-state index contributed by atoms with van der Waals surface area (Å²) in [6.07, 6.45) is 5.00. The predicted octanol–water partition coefficient (Wildman–Crippen LogP) is 1.94. The van der Waals surface area contributed by atoms with Gasteiger partial charge in [-0.2, -0.15) is 9.61 Å². The second-order valence-electron chi connectivity index (χ2n) is 4.97. The number of fused-ring (bicyclic) bond motifs is 1. The molecule has 18 heavy (non-hydrogen) atoms. The summed E-state index contributed by atoms with van der Waals surface area (Å²) in [5.74, 6) is 0.851. The molecule has 0 aliphatic carbocycles. The summed E-state index contributed by atoms with van der Waals surface area (Å²) in [5.41, 5.74) is 0.667. The quantitative estimate of drug-likeness (QED) is 0.668. The van der Waals surface area contributed by atoms with Crippen LogP contribution >= 0.6 is 11.3 Å². The number of nitrogens with zero attached hydrogens (tertiary/aromatic N) is 6. The minimum Gasteiger partial charge on any atom is -0.261 e. The van der Waals surface area contributed by atoms with Crippen molar-refractivity contribution in [3.63, 3.8) is 0 Å². The molecule has 0 radical (unpaired) electrons. The highest BCUT2D eigenvalue weighted by molar-refractivity contribution is 7.19. The monoisotopic (exact) mass is 260 g/mol. The Morgan fingerprint density at radius 3 is 2.67 bits per heavy atom. The van der Waals surface area contributed by atoms with Gasteiger partial charge in [-0.1, -0.05) is 32.1 Å². The first-order chi connectivity index (χ1) is 8.55. The Hall–Kier alpha value is -1.89. The van der Waals surface area contributed by atoms with Gasteiger partial charge in [0.1, 0.15) is 5.69 Å². The van der Waals surface area contributed by atoms with E-state index in [4.69, 9.17) is 0 Å². The zero-order valence-corrected chi connectivity index (χ0v) is 11.1. The SMILES string of the molecule is CC(C)(C)c1nnc2sc(-c3cnccn3)nn12. The molecule has 3 aromatic heterocycles. The van der Waals surface area contributed by atoms with E-state index in [1.807, 2.05) is 0 Å². The van der Waals surface area contributed by atoms with Crippen LogP contribution in [0.2, 0.25) is 0 Å². The Labute approximate surface area is 108 Å². The van der Waals surface area contributed by atoms with Gasteiger partial charge in [-0.05, 0) is 0 Å². The minimum absolute atomic E-state index is 0.0902. The third kappa shape index (κ3) is 1.76. The molecule has 92 valence electrons. The molecule has 0 N–H and O–H groups in total. The molecule has 6 nitrogen and oxygen atoms in total. The highest BCUT2D eigenvalue weighted by Crippen LogP contribution is 2.27. The van der Waals surface area contributed by atoms with E-state index in [1.165, 1.54) is 11.3 Å². The van der Waals surface area contributed by atoms with Crippen molar-refractivity contribution in [2.45, 2.75) is 26.2 Å². The zero-order chi connectivity index (χ0) is 12.8. The molecule has 3 aromatic rings. The summed E-state index contributed by atoms with van der Waals surface area (Å²) in [7, 11) is 0. The van der Waals surface area contributed by atoms with E-state index in [0.717, 1.165) is 21.5 Å². The Kier molecular flexibility index (Phi) is 2.37. The Morgan fingerprint density at radius 1 is 1.17 bits per heavy atom. The van der Waals surface area contributed by atoms with E-state index < -0.39 is 0 Å². The Bertz CT molecular complexity index is 678. The lowest BCUT2D eigenvalue weighted by Crippen LogP contribution is -2.16. The smallest absolute Gasteiger partial charge is 0.235 e. The fraction of sp³-hybridized carbons (Fsp3) is 0.364. The lowest BCUT2D eigenvalue weighted by Gasteiger charge is -2.13. The molecule has 0 aliphatic heterocycles. The van der Waals surface area contributed by atoms with E-state index in [2.05, 4.69) is 46.0 Å². The molecule has 0 spiro atoms. The van der Waals surface area contributed by atoms with E-state index in [9.17, 15) is 0 Å². The molecule has 0 aliphatic rings. The third-order valence-electron chi connectivity index (χ3n) is 2.44. The number of rotatable bonds is 1. The van der Waals surface area contributed by atoms with Crippen LogP contribution in [-0.2, 0) is 5.41 Å². The van der Waals surface area contributed by atoms with Gasteiger partial charge in [-0.3, -0.25) is 9.97 Å². The Balaban J connectivity index is 2.16. The topological polar surface area (TPSA) is 68.9 Å². The molecule has 3 heterocycles. The van der Waals surface area contributed by atoms with Crippen LogP contribution in [0.25, 0.3) is 15.7 Å². The van der Waals surface area contributed by atoms with Gasteiger partial charge in [0.2, 0.25) is 4.96 Å². The number of hydrogen-bond acceptors (Lipinski definition) is 6. The van der Waals surface area contributed by atoms with Crippen LogP contribution in [0.4, 0.5) is 0 Å². The predicted molar refractivity (Wildman–Crippen MR) is 68.4 cm³/mol. The molecule has 0 unspecified atom stereocenters. The lowest BCUT2D eigenvalue weighted by molar-refractivity contribution is 0.528. The van der Waals surface area contributed by atoms with Gasteiger partial charge >= 0.3 is 0 Å². The molecule has 0 saturated carbocycles. The summed E-state index contributed by atoms with van der Waals surface area (Å²) in [6.45, 7) is 6.26. The highest BCUT2D eigenvalue weighted by atomic mass is 32.1. The first-order valence-electron chi connectivity index (χ1n) is 5.55. The lowest BCUT2D eigenvalue weighted by atomic mass is 9.96. The van der Waals surface area contributed by atoms with Crippen molar-refractivity contribution < 1.29 is 0 Å². The van der Waals surface area contributed by atoms with Gasteiger partial charge in [0.25, 0.3) is 0 Å². The molecule has 0 aromatic carbocycles. The summed E-state index contributed by atoms with van der Waals surface area (Å²) in [6, 6.07) is 0. The Morgan fingerprint density at radius 2 is 2.00 bits per heavy atom. The van der Waals surface area contributed by atoms with Crippen molar-refractivity contribution >= 4 is 16.3 Å². The standard InChI is InChI=1S/C11H12N6S/c1-11(2,3)9-14-15-10-17(9)16-8(18-10)7-6-12-4-5-13-7/h4-6H,1-3H3. The maximum atomic E-state index is 4.52. The summed E-state index contributed by atoms with van der Waals surface area (Å²) < 4.78 is 1.79. The molecule has 0 amide bonds. The van der Waals surface area contributed by atoms with Gasteiger partial charge < -0.3 is 0 Å². The van der Waals surface area contributed by atoms with Crippen molar-refractivity contribution in [2.75, 3.05) is 0 Å². The van der Waals surface area contributed by atoms with Crippen LogP contribution in [0, 0.1) is 0 Å². The third-order valence-corrected chi connectivity index (χ3v) is 3.37. The van der Waals surface area contributed by atoms with E-state index in [0.29, 0.717) is 0 Å². The van der Waals surface area contributed by atoms with Crippen molar-refractivity contribution in [1.82, 2.24) is 29.8 Å². The second-order valence-corrected chi connectivity index (χ2v) is 5.92. The van der Waals surface area contributed by atoms with Crippen LogP contribution in [-0.4, -0.2) is 29.8 Å². The first-order valence-corrected chi connectivity index (χ1v) is 6.36. The number of aromatic nitrogens is 6. The molecule has 0 fully saturated rings. The van der Waals surface area contributed by atoms with Gasteiger partial charge in [-0.15, -0.1) is 10.2 Å².